The van der Waals surface area contributed by atoms with Gasteiger partial charge in [-0.1, -0.05) is 12.1 Å². The lowest BCUT2D eigenvalue weighted by Crippen LogP contribution is -2.50. The van der Waals surface area contributed by atoms with E-state index in [1.165, 1.54) is 13.0 Å². The number of nitrogens with one attached hydrogen (secondary N) is 2. The summed E-state index contributed by atoms with van der Waals surface area (Å²) in [5, 5.41) is 15.7. The highest BCUT2D eigenvalue weighted by molar-refractivity contribution is 6.16. The molecule has 1 saturated heterocycles. The van der Waals surface area contributed by atoms with Gasteiger partial charge < -0.3 is 20.5 Å². The number of likely N-dealkylation sites (tertiary alicyclic amines) is 1. The fourth-order valence-electron chi connectivity index (χ4n) is 5.59. The van der Waals surface area contributed by atoms with Gasteiger partial charge in [-0.2, -0.15) is 13.2 Å². The number of anilines is 2. The van der Waals surface area contributed by atoms with E-state index >= 15 is 0 Å². The summed E-state index contributed by atoms with van der Waals surface area (Å²) in [4.78, 5) is 27.2. The lowest BCUT2D eigenvalue weighted by molar-refractivity contribution is -0.137. The summed E-state index contributed by atoms with van der Waals surface area (Å²) in [5.74, 6) is -0.401. The molecular weight excluding hydrogens is 487 g/mol. The number of allylic oxidation sites excluding steroid dienone is 1. The molecule has 0 bridgehead atoms. The van der Waals surface area contributed by atoms with Crippen molar-refractivity contribution in [1.82, 2.24) is 4.90 Å². The van der Waals surface area contributed by atoms with Crippen LogP contribution < -0.4 is 15.4 Å². The Morgan fingerprint density at radius 2 is 1.97 bits per heavy atom. The Bertz CT molecular complexity index is 1270. The van der Waals surface area contributed by atoms with Gasteiger partial charge >= 0.3 is 6.18 Å². The van der Waals surface area contributed by atoms with Gasteiger partial charge in [0.05, 0.1) is 24.5 Å². The van der Waals surface area contributed by atoms with Gasteiger partial charge in [0.15, 0.2) is 0 Å². The maximum atomic E-state index is 13.6. The first-order valence-corrected chi connectivity index (χ1v) is 12.3. The van der Waals surface area contributed by atoms with Crippen LogP contribution in [0.15, 0.2) is 36.4 Å². The first-order valence-electron chi connectivity index (χ1n) is 12.3. The van der Waals surface area contributed by atoms with Crippen LogP contribution in [0.5, 0.6) is 5.75 Å². The number of rotatable bonds is 3. The van der Waals surface area contributed by atoms with E-state index in [1.807, 2.05) is 11.0 Å². The van der Waals surface area contributed by atoms with Crippen LogP contribution in [0.3, 0.4) is 0 Å². The number of alkyl halides is 3. The van der Waals surface area contributed by atoms with Gasteiger partial charge in [0.2, 0.25) is 11.8 Å². The average Bonchev–Trinajstić information content (AvgIpc) is 3.21. The summed E-state index contributed by atoms with van der Waals surface area (Å²) in [6, 6.07) is 7.78. The molecule has 10 heteroatoms. The molecule has 2 atom stereocenters. The van der Waals surface area contributed by atoms with E-state index in [2.05, 4.69) is 10.6 Å². The van der Waals surface area contributed by atoms with E-state index in [0.29, 0.717) is 41.9 Å². The summed E-state index contributed by atoms with van der Waals surface area (Å²) in [6.07, 6.45) is -1.89. The van der Waals surface area contributed by atoms with Crippen LogP contribution in [-0.4, -0.2) is 53.7 Å². The number of halogens is 3. The molecule has 0 spiro atoms. The number of carbonyl (C=O) groups excluding carboxylic acids is 2. The molecule has 3 aliphatic rings. The molecular formula is C27H28F3N3O4. The molecule has 3 heterocycles. The first kappa shape index (κ1) is 25.3. The Hall–Kier alpha value is -3.37. The van der Waals surface area contributed by atoms with Crippen LogP contribution in [0.4, 0.5) is 24.5 Å². The third-order valence-corrected chi connectivity index (χ3v) is 7.16. The molecule has 37 heavy (non-hydrogen) atoms. The highest BCUT2D eigenvalue weighted by atomic mass is 19.4. The number of benzene rings is 2. The molecule has 0 aliphatic carbocycles. The van der Waals surface area contributed by atoms with E-state index in [4.69, 9.17) is 4.74 Å². The molecule has 5 rings (SSSR count). The van der Waals surface area contributed by atoms with Gasteiger partial charge in [-0.3, -0.25) is 14.5 Å². The van der Waals surface area contributed by atoms with Gasteiger partial charge in [-0.05, 0) is 67.6 Å². The van der Waals surface area contributed by atoms with Crippen molar-refractivity contribution in [3.63, 3.8) is 0 Å². The Balaban J connectivity index is 1.74. The van der Waals surface area contributed by atoms with Crippen molar-refractivity contribution >= 4 is 34.3 Å². The Kier molecular flexibility index (Phi) is 6.72. The Labute approximate surface area is 212 Å². The Morgan fingerprint density at radius 3 is 2.70 bits per heavy atom. The number of aliphatic hydroxyl groups excluding tert-OH is 1. The normalized spacial score (nSPS) is 24.0. The largest absolute Gasteiger partial charge is 0.493 e. The zero-order valence-electron chi connectivity index (χ0n) is 20.3. The van der Waals surface area contributed by atoms with Crippen LogP contribution >= 0.6 is 0 Å². The second kappa shape index (κ2) is 9.83. The van der Waals surface area contributed by atoms with Crippen molar-refractivity contribution in [3.8, 4) is 5.75 Å². The maximum Gasteiger partial charge on any atom is 0.416 e. The van der Waals surface area contributed by atoms with Crippen molar-refractivity contribution in [2.75, 3.05) is 30.4 Å². The summed E-state index contributed by atoms with van der Waals surface area (Å²) in [7, 11) is 0. The zero-order valence-corrected chi connectivity index (χ0v) is 20.3. The minimum atomic E-state index is -4.51. The number of aliphatic hydroxyl groups is 1. The van der Waals surface area contributed by atoms with Crippen LogP contribution in [0, 0.1) is 0 Å². The van der Waals surface area contributed by atoms with E-state index in [-0.39, 0.29) is 36.8 Å². The van der Waals surface area contributed by atoms with E-state index in [1.54, 1.807) is 12.1 Å². The third-order valence-electron chi connectivity index (χ3n) is 7.16. The molecule has 2 aromatic carbocycles. The van der Waals surface area contributed by atoms with Crippen LogP contribution in [0.25, 0.3) is 11.1 Å². The fourth-order valence-corrected chi connectivity index (χ4v) is 5.59. The minimum absolute atomic E-state index is 0.102. The number of amides is 2. The lowest BCUT2D eigenvalue weighted by Gasteiger charge is -2.38. The summed E-state index contributed by atoms with van der Waals surface area (Å²) in [6.45, 7) is 2.14. The predicted molar refractivity (Wildman–Crippen MR) is 133 cm³/mol. The van der Waals surface area contributed by atoms with Crippen molar-refractivity contribution < 1.29 is 32.6 Å². The minimum Gasteiger partial charge on any atom is -0.493 e. The SMILES string of the molecule is CC(=O)Nc1ccc2c(c1)NC(=O)C(N1CCC[C@H]1CO)/C2=C1\CCCOc2cc(C(F)(F)F)ccc21. The molecule has 1 unspecified atom stereocenters. The van der Waals surface area contributed by atoms with Crippen molar-refractivity contribution in [1.29, 1.82) is 0 Å². The molecule has 3 N–H and O–H groups in total. The topological polar surface area (TPSA) is 90.9 Å². The van der Waals surface area contributed by atoms with Crippen LogP contribution in [0.1, 0.15) is 49.3 Å². The monoisotopic (exact) mass is 515 g/mol. The highest BCUT2D eigenvalue weighted by Crippen LogP contribution is 2.46. The molecule has 2 amide bonds. The standard InChI is InChI=1S/C27H28F3N3O4/c1-15(35)31-17-7-9-21-22(13-17)32-26(36)25(33-10-2-4-18(33)14-34)24(21)20-5-3-11-37-23-12-16(27(28,29)30)6-8-19(20)23/h6-9,12-13,18,25,34H,2-5,10-11,14H2,1H3,(H,31,35)(H,32,36)/b24-20+/t18-,25?/m0/s1. The zero-order chi connectivity index (χ0) is 26.3. The van der Waals surface area contributed by atoms with Gasteiger partial charge in [-0.15, -0.1) is 0 Å². The van der Waals surface area contributed by atoms with Crippen molar-refractivity contribution in [2.45, 2.75) is 50.9 Å². The molecule has 3 aliphatic heterocycles. The molecule has 7 nitrogen and oxygen atoms in total. The molecule has 0 radical (unpaired) electrons. The summed E-state index contributed by atoms with van der Waals surface area (Å²) < 4.78 is 46.1. The van der Waals surface area contributed by atoms with Crippen molar-refractivity contribution in [2.24, 2.45) is 0 Å². The second-order valence-corrected chi connectivity index (χ2v) is 9.60. The van der Waals surface area contributed by atoms with Crippen LogP contribution in [-0.2, 0) is 15.8 Å². The predicted octanol–water partition coefficient (Wildman–Crippen LogP) is 4.52. The molecule has 0 saturated carbocycles. The van der Waals surface area contributed by atoms with Gasteiger partial charge in [0, 0.05) is 29.8 Å². The molecule has 0 aromatic heterocycles. The van der Waals surface area contributed by atoms with Crippen molar-refractivity contribution in [3.05, 3.63) is 53.1 Å². The molecule has 196 valence electrons. The van der Waals surface area contributed by atoms with E-state index in [9.17, 15) is 27.9 Å². The average molecular weight is 516 g/mol. The number of hydrogen-bond acceptors (Lipinski definition) is 5. The number of nitrogens with zero attached hydrogens (tertiary/aromatic N) is 1. The van der Waals surface area contributed by atoms with Crippen LogP contribution in [0.2, 0.25) is 0 Å². The Morgan fingerprint density at radius 1 is 1.19 bits per heavy atom. The lowest BCUT2D eigenvalue weighted by atomic mass is 9.83. The highest BCUT2D eigenvalue weighted by Gasteiger charge is 2.42. The first-order chi connectivity index (χ1) is 17.7. The quantitative estimate of drug-likeness (QED) is 0.559. The van der Waals surface area contributed by atoms with Gasteiger partial charge in [0.1, 0.15) is 11.8 Å². The van der Waals surface area contributed by atoms with E-state index in [0.717, 1.165) is 36.1 Å². The smallest absolute Gasteiger partial charge is 0.416 e. The molecule has 2 aromatic rings. The van der Waals surface area contributed by atoms with E-state index < -0.39 is 17.8 Å². The number of ether oxygens (including phenoxy) is 1. The van der Waals surface area contributed by atoms with Gasteiger partial charge in [0.25, 0.3) is 0 Å². The second-order valence-electron chi connectivity index (χ2n) is 9.60. The third kappa shape index (κ3) is 4.83. The number of hydrogen-bond donors (Lipinski definition) is 3. The van der Waals surface area contributed by atoms with Gasteiger partial charge in [-0.25, -0.2) is 0 Å². The number of fused-ring (bicyclic) bond motifs is 2. The number of carbonyl (C=O) groups is 2. The molecule has 1 fully saturated rings. The summed E-state index contributed by atoms with van der Waals surface area (Å²) >= 11 is 0. The fraction of sp³-hybridized carbons (Fsp3) is 0.407. The maximum absolute atomic E-state index is 13.6. The summed E-state index contributed by atoms with van der Waals surface area (Å²) in [5.41, 5.74) is 2.92.